The van der Waals surface area contributed by atoms with Crippen LogP contribution in [0.3, 0.4) is 0 Å². The number of carbonyl (C=O) groups excluding carboxylic acids is 1. The smallest absolute Gasteiger partial charge is 0.266 e. The number of aromatic amines is 1. The number of rotatable bonds is 2. The van der Waals surface area contributed by atoms with E-state index in [2.05, 4.69) is 10.3 Å². The van der Waals surface area contributed by atoms with E-state index >= 15 is 0 Å². The van der Waals surface area contributed by atoms with Crippen LogP contribution in [0.25, 0.3) is 0 Å². The molecule has 0 unspecified atom stereocenters. The Balaban J connectivity index is 2.23. The van der Waals surface area contributed by atoms with Gasteiger partial charge in [-0.3, -0.25) is 9.59 Å². The van der Waals surface area contributed by atoms with Crippen molar-refractivity contribution in [3.05, 3.63) is 63.0 Å². The number of pyridine rings is 1. The third-order valence-electron chi connectivity index (χ3n) is 2.37. The van der Waals surface area contributed by atoms with Crippen LogP contribution in [0.1, 0.15) is 15.9 Å². The zero-order valence-electron chi connectivity index (χ0n) is 9.61. The number of nitriles is 1. The molecule has 0 saturated carbocycles. The van der Waals surface area contributed by atoms with Gasteiger partial charge in [0.1, 0.15) is 5.02 Å². The summed E-state index contributed by atoms with van der Waals surface area (Å²) < 4.78 is 0. The second-order valence-electron chi connectivity index (χ2n) is 3.71. The highest BCUT2D eigenvalue weighted by molar-refractivity contribution is 6.30. The highest BCUT2D eigenvalue weighted by Gasteiger charge is 2.08. The average molecular weight is 274 g/mol. The predicted molar refractivity (Wildman–Crippen MR) is 71.2 cm³/mol. The molecule has 2 N–H and O–H groups in total. The molecule has 1 amide bonds. The number of halogens is 1. The molecule has 1 aromatic heterocycles. The maximum atomic E-state index is 11.9. The monoisotopic (exact) mass is 273 g/mol. The molecule has 0 aliphatic rings. The van der Waals surface area contributed by atoms with Gasteiger partial charge in [0, 0.05) is 11.9 Å². The summed E-state index contributed by atoms with van der Waals surface area (Å²) in [5, 5.41) is 11.3. The number of carbonyl (C=O) groups is 1. The van der Waals surface area contributed by atoms with Crippen LogP contribution in [0, 0.1) is 11.3 Å². The Morgan fingerprint density at radius 1 is 1.37 bits per heavy atom. The summed E-state index contributed by atoms with van der Waals surface area (Å²) in [4.78, 5) is 25.3. The Morgan fingerprint density at radius 3 is 2.84 bits per heavy atom. The van der Waals surface area contributed by atoms with Crippen molar-refractivity contribution in [1.82, 2.24) is 4.98 Å². The van der Waals surface area contributed by atoms with Gasteiger partial charge in [0.25, 0.3) is 11.5 Å². The lowest BCUT2D eigenvalue weighted by Crippen LogP contribution is -2.15. The topological polar surface area (TPSA) is 85.8 Å². The number of hydrogen-bond acceptors (Lipinski definition) is 3. The van der Waals surface area contributed by atoms with E-state index in [4.69, 9.17) is 16.9 Å². The Morgan fingerprint density at radius 2 is 2.16 bits per heavy atom. The molecule has 1 heterocycles. The highest BCUT2D eigenvalue weighted by Crippen LogP contribution is 2.12. The van der Waals surface area contributed by atoms with Gasteiger partial charge in [-0.25, -0.2) is 0 Å². The molecule has 6 heteroatoms. The summed E-state index contributed by atoms with van der Waals surface area (Å²) in [7, 11) is 0. The molecule has 0 fully saturated rings. The summed E-state index contributed by atoms with van der Waals surface area (Å²) in [6, 6.07) is 9.76. The number of nitrogens with one attached hydrogen (secondary N) is 2. The Labute approximate surface area is 113 Å². The first kappa shape index (κ1) is 12.9. The summed E-state index contributed by atoms with van der Waals surface area (Å²) in [6.45, 7) is 0. The van der Waals surface area contributed by atoms with Crippen molar-refractivity contribution in [3.8, 4) is 6.07 Å². The van der Waals surface area contributed by atoms with Crippen LogP contribution < -0.4 is 10.9 Å². The summed E-state index contributed by atoms with van der Waals surface area (Å²) in [6.07, 6.45) is 1.28. The van der Waals surface area contributed by atoms with Gasteiger partial charge in [-0.1, -0.05) is 17.7 Å². The van der Waals surface area contributed by atoms with Gasteiger partial charge in [-0.05, 0) is 24.3 Å². The minimum absolute atomic E-state index is 0.0570. The fraction of sp³-hybridized carbons (Fsp3) is 0. The molecular weight excluding hydrogens is 266 g/mol. The zero-order chi connectivity index (χ0) is 13.8. The molecule has 0 aliphatic heterocycles. The lowest BCUT2D eigenvalue weighted by atomic mass is 10.2. The van der Waals surface area contributed by atoms with Crippen molar-refractivity contribution in [2.45, 2.75) is 0 Å². The third kappa shape index (κ3) is 3.00. The molecule has 0 radical (unpaired) electrons. The van der Waals surface area contributed by atoms with Crippen molar-refractivity contribution >= 4 is 23.2 Å². The second-order valence-corrected chi connectivity index (χ2v) is 4.12. The molecule has 0 aliphatic carbocycles. The zero-order valence-corrected chi connectivity index (χ0v) is 10.4. The van der Waals surface area contributed by atoms with Crippen LogP contribution in [0.4, 0.5) is 5.69 Å². The van der Waals surface area contributed by atoms with E-state index in [1.54, 1.807) is 24.3 Å². The molecule has 0 spiro atoms. The molecule has 5 nitrogen and oxygen atoms in total. The number of hydrogen-bond donors (Lipinski definition) is 2. The first-order chi connectivity index (χ1) is 9.10. The van der Waals surface area contributed by atoms with E-state index in [0.29, 0.717) is 11.3 Å². The first-order valence-electron chi connectivity index (χ1n) is 5.30. The minimum atomic E-state index is -0.454. The number of benzene rings is 1. The van der Waals surface area contributed by atoms with Gasteiger partial charge >= 0.3 is 0 Å². The van der Waals surface area contributed by atoms with Gasteiger partial charge in [-0.2, -0.15) is 5.26 Å². The molecule has 2 aromatic rings. The van der Waals surface area contributed by atoms with E-state index in [1.807, 2.05) is 6.07 Å². The molecule has 0 atom stereocenters. The van der Waals surface area contributed by atoms with E-state index in [0.717, 1.165) is 0 Å². The summed E-state index contributed by atoms with van der Waals surface area (Å²) in [5.41, 5.74) is 0.709. The van der Waals surface area contributed by atoms with Crippen molar-refractivity contribution in [2.24, 2.45) is 0 Å². The predicted octanol–water partition coefficient (Wildman–Crippen LogP) is 2.15. The van der Waals surface area contributed by atoms with Gasteiger partial charge < -0.3 is 10.3 Å². The SMILES string of the molecule is N#Cc1cccc(NC(=O)c2c[nH]c(=O)c(Cl)c2)c1. The normalized spacial score (nSPS) is 9.68. The standard InChI is InChI=1S/C13H8ClN3O2/c14-11-5-9(7-16-13(11)19)12(18)17-10-3-1-2-8(4-10)6-15/h1-5,7H,(H,16,19)(H,17,18). The maximum absolute atomic E-state index is 11.9. The number of amides is 1. The van der Waals surface area contributed by atoms with Crippen LogP contribution in [0.15, 0.2) is 41.3 Å². The average Bonchev–Trinajstić information content (AvgIpc) is 2.42. The molecule has 1 aromatic carbocycles. The van der Waals surface area contributed by atoms with Gasteiger partial charge in [0.05, 0.1) is 17.2 Å². The van der Waals surface area contributed by atoms with E-state index in [1.165, 1.54) is 12.3 Å². The Kier molecular flexibility index (Phi) is 3.64. The van der Waals surface area contributed by atoms with Crippen LogP contribution in [0.5, 0.6) is 0 Å². The van der Waals surface area contributed by atoms with E-state index in [-0.39, 0.29) is 10.6 Å². The van der Waals surface area contributed by atoms with Gasteiger partial charge in [0.15, 0.2) is 0 Å². The summed E-state index contributed by atoms with van der Waals surface area (Å²) in [5.74, 6) is -0.423. The van der Waals surface area contributed by atoms with E-state index in [9.17, 15) is 9.59 Å². The maximum Gasteiger partial charge on any atom is 0.266 e. The molecular formula is C13H8ClN3O2. The van der Waals surface area contributed by atoms with Crippen molar-refractivity contribution < 1.29 is 4.79 Å². The third-order valence-corrected chi connectivity index (χ3v) is 2.65. The Bertz CT molecular complexity index is 731. The lowest BCUT2D eigenvalue weighted by molar-refractivity contribution is 0.102. The van der Waals surface area contributed by atoms with Crippen molar-refractivity contribution in [2.75, 3.05) is 5.32 Å². The summed E-state index contributed by atoms with van der Waals surface area (Å²) >= 11 is 5.64. The van der Waals surface area contributed by atoms with Gasteiger partial charge in [-0.15, -0.1) is 0 Å². The van der Waals surface area contributed by atoms with Crippen LogP contribution >= 0.6 is 11.6 Å². The second kappa shape index (κ2) is 5.38. The lowest BCUT2D eigenvalue weighted by Gasteiger charge is -2.05. The largest absolute Gasteiger partial charge is 0.327 e. The molecule has 0 bridgehead atoms. The van der Waals surface area contributed by atoms with Gasteiger partial charge in [0.2, 0.25) is 0 Å². The fourth-order valence-electron chi connectivity index (χ4n) is 1.46. The Hall–Kier alpha value is -2.58. The number of anilines is 1. The minimum Gasteiger partial charge on any atom is -0.327 e. The number of aromatic nitrogens is 1. The molecule has 2 rings (SSSR count). The molecule has 0 saturated heterocycles. The van der Waals surface area contributed by atoms with Crippen molar-refractivity contribution in [1.29, 1.82) is 5.26 Å². The van der Waals surface area contributed by atoms with Crippen LogP contribution in [-0.4, -0.2) is 10.9 Å². The molecule has 94 valence electrons. The molecule has 19 heavy (non-hydrogen) atoms. The van der Waals surface area contributed by atoms with Crippen molar-refractivity contribution in [3.63, 3.8) is 0 Å². The quantitative estimate of drug-likeness (QED) is 0.879. The van der Waals surface area contributed by atoms with E-state index < -0.39 is 11.5 Å². The first-order valence-corrected chi connectivity index (χ1v) is 5.67. The fourth-order valence-corrected chi connectivity index (χ4v) is 1.63. The number of H-pyrrole nitrogens is 1. The van der Waals surface area contributed by atoms with Crippen LogP contribution in [-0.2, 0) is 0 Å². The number of nitrogens with zero attached hydrogens (tertiary/aromatic N) is 1. The highest BCUT2D eigenvalue weighted by atomic mass is 35.5. The van der Waals surface area contributed by atoms with Crippen LogP contribution in [0.2, 0.25) is 5.02 Å².